The Morgan fingerprint density at radius 3 is 2.56 bits per heavy atom. The van der Waals surface area contributed by atoms with Crippen LogP contribution in [-0.4, -0.2) is 34.3 Å². The maximum Gasteiger partial charge on any atom is 0.322 e. The van der Waals surface area contributed by atoms with Gasteiger partial charge in [0.2, 0.25) is 0 Å². The number of ether oxygens (including phenoxy) is 1. The number of nitrogens with zero attached hydrogens (tertiary/aromatic N) is 1. The van der Waals surface area contributed by atoms with Gasteiger partial charge in [0.15, 0.2) is 11.5 Å². The molecule has 0 amide bonds. The Balaban J connectivity index is 3.11. The number of methoxy groups -OCH3 is 1. The lowest BCUT2D eigenvalue weighted by Crippen LogP contribution is -2.33. The molecule has 0 aliphatic heterocycles. The summed E-state index contributed by atoms with van der Waals surface area (Å²) in [7, 11) is 1.14. The molecule has 0 saturated heterocycles. The van der Waals surface area contributed by atoms with Crippen LogP contribution in [0.3, 0.4) is 0 Å². The van der Waals surface area contributed by atoms with Crippen molar-refractivity contribution in [1.82, 2.24) is 0 Å². The first-order valence-corrected chi connectivity index (χ1v) is 4.89. The van der Waals surface area contributed by atoms with Crippen molar-refractivity contribution in [3.8, 4) is 11.5 Å². The van der Waals surface area contributed by atoms with Gasteiger partial charge in [0, 0.05) is 12.0 Å². The molecule has 0 heterocycles. The van der Waals surface area contributed by atoms with Crippen molar-refractivity contribution in [2.24, 2.45) is 5.73 Å². The first-order valence-electron chi connectivity index (χ1n) is 4.89. The van der Waals surface area contributed by atoms with E-state index in [0.29, 0.717) is 0 Å². The molecule has 0 fully saturated rings. The summed E-state index contributed by atoms with van der Waals surface area (Å²) in [6, 6.07) is 0.711. The van der Waals surface area contributed by atoms with Crippen LogP contribution < -0.4 is 5.73 Å². The SMILES string of the molecule is COC(=O)C(N)Cc1cc(O)c(O)cc1[N+](=O)[O-]. The predicted molar refractivity (Wildman–Crippen MR) is 60.1 cm³/mol. The van der Waals surface area contributed by atoms with Gasteiger partial charge >= 0.3 is 5.97 Å². The number of carbonyl (C=O) groups is 1. The minimum Gasteiger partial charge on any atom is -0.504 e. The number of nitro benzene ring substituents is 1. The van der Waals surface area contributed by atoms with Crippen molar-refractivity contribution in [3.05, 3.63) is 27.8 Å². The number of esters is 1. The van der Waals surface area contributed by atoms with Gasteiger partial charge < -0.3 is 20.7 Å². The van der Waals surface area contributed by atoms with Crippen LogP contribution in [0, 0.1) is 10.1 Å². The Morgan fingerprint density at radius 2 is 2.06 bits per heavy atom. The summed E-state index contributed by atoms with van der Waals surface area (Å²) < 4.78 is 4.39. The number of phenols is 2. The maximum atomic E-state index is 11.1. The third-order valence-electron chi connectivity index (χ3n) is 2.32. The molecular weight excluding hydrogens is 244 g/mol. The van der Waals surface area contributed by atoms with Crippen LogP contribution in [0.1, 0.15) is 5.56 Å². The molecule has 8 nitrogen and oxygen atoms in total. The second-order valence-electron chi connectivity index (χ2n) is 3.56. The van der Waals surface area contributed by atoms with Gasteiger partial charge in [-0.25, -0.2) is 0 Å². The standard InChI is InChI=1S/C10H12N2O6/c1-18-10(15)6(11)2-5-3-8(13)9(14)4-7(5)12(16)17/h3-4,6,13-14H,2,11H2,1H3. The molecular formula is C10H12N2O6. The monoisotopic (exact) mass is 256 g/mol. The fraction of sp³-hybridized carbons (Fsp3) is 0.300. The summed E-state index contributed by atoms with van der Waals surface area (Å²) in [5, 5.41) is 29.2. The summed E-state index contributed by atoms with van der Waals surface area (Å²) in [4.78, 5) is 21.1. The fourth-order valence-corrected chi connectivity index (χ4v) is 1.41. The van der Waals surface area contributed by atoms with Gasteiger partial charge in [0.25, 0.3) is 5.69 Å². The zero-order valence-corrected chi connectivity index (χ0v) is 9.49. The van der Waals surface area contributed by atoms with Gasteiger partial charge in [-0.05, 0) is 6.07 Å². The number of phenolic OH excluding ortho intramolecular Hbond substituents is 2. The topological polar surface area (TPSA) is 136 Å². The van der Waals surface area contributed by atoms with E-state index in [2.05, 4.69) is 4.74 Å². The van der Waals surface area contributed by atoms with E-state index in [-0.39, 0.29) is 12.0 Å². The number of carbonyl (C=O) groups excluding carboxylic acids is 1. The molecule has 1 aromatic rings. The lowest BCUT2D eigenvalue weighted by atomic mass is 10.0. The predicted octanol–water partition coefficient (Wildman–Crippen LogP) is 0.0488. The Bertz CT molecular complexity index is 488. The highest BCUT2D eigenvalue weighted by Gasteiger charge is 2.23. The first kappa shape index (κ1) is 13.7. The summed E-state index contributed by atoms with van der Waals surface area (Å²) in [5.74, 6) is -1.86. The highest BCUT2D eigenvalue weighted by Crippen LogP contribution is 2.33. The lowest BCUT2D eigenvalue weighted by molar-refractivity contribution is -0.385. The number of nitro groups is 1. The molecule has 8 heteroatoms. The van der Waals surface area contributed by atoms with Gasteiger partial charge in [0.1, 0.15) is 6.04 Å². The number of nitrogens with two attached hydrogens (primary N) is 1. The van der Waals surface area contributed by atoms with E-state index in [4.69, 9.17) is 5.73 Å². The molecule has 1 unspecified atom stereocenters. The normalized spacial score (nSPS) is 11.9. The van der Waals surface area contributed by atoms with E-state index in [1.807, 2.05) is 0 Å². The van der Waals surface area contributed by atoms with E-state index < -0.39 is 34.1 Å². The van der Waals surface area contributed by atoms with Crippen LogP contribution >= 0.6 is 0 Å². The zero-order valence-electron chi connectivity index (χ0n) is 9.49. The van der Waals surface area contributed by atoms with Gasteiger partial charge in [-0.2, -0.15) is 0 Å². The van der Waals surface area contributed by atoms with Crippen molar-refractivity contribution < 1.29 is 24.7 Å². The molecule has 0 bridgehead atoms. The number of hydrogen-bond donors (Lipinski definition) is 3. The molecule has 0 aliphatic rings. The molecule has 0 aromatic heterocycles. The number of rotatable bonds is 4. The summed E-state index contributed by atoms with van der Waals surface area (Å²) in [6.07, 6.45) is -0.184. The molecule has 1 rings (SSSR count). The van der Waals surface area contributed by atoms with Gasteiger partial charge in [-0.1, -0.05) is 0 Å². The Labute approximate surface area is 102 Å². The molecule has 1 aromatic carbocycles. The maximum absolute atomic E-state index is 11.1. The molecule has 0 aliphatic carbocycles. The van der Waals surface area contributed by atoms with Crippen LogP contribution in [0.25, 0.3) is 0 Å². The molecule has 0 radical (unpaired) electrons. The van der Waals surface area contributed by atoms with Crippen molar-refractivity contribution in [1.29, 1.82) is 0 Å². The molecule has 0 saturated carbocycles. The van der Waals surface area contributed by atoms with E-state index in [9.17, 15) is 25.1 Å². The van der Waals surface area contributed by atoms with Crippen LogP contribution in [0.15, 0.2) is 12.1 Å². The molecule has 98 valence electrons. The third kappa shape index (κ3) is 2.86. The zero-order chi connectivity index (χ0) is 13.9. The van der Waals surface area contributed by atoms with E-state index in [1.54, 1.807) is 0 Å². The largest absolute Gasteiger partial charge is 0.504 e. The second-order valence-corrected chi connectivity index (χ2v) is 3.56. The fourth-order valence-electron chi connectivity index (χ4n) is 1.41. The second kappa shape index (κ2) is 5.32. The van der Waals surface area contributed by atoms with Crippen LogP contribution in [0.5, 0.6) is 11.5 Å². The average Bonchev–Trinajstić information content (AvgIpc) is 2.31. The van der Waals surface area contributed by atoms with Crippen LogP contribution in [0.4, 0.5) is 5.69 Å². The minimum atomic E-state index is -1.09. The van der Waals surface area contributed by atoms with Crippen molar-refractivity contribution >= 4 is 11.7 Å². The molecule has 1 atom stereocenters. The average molecular weight is 256 g/mol. The van der Waals surface area contributed by atoms with Gasteiger partial charge in [-0.15, -0.1) is 0 Å². The number of benzene rings is 1. The molecule has 18 heavy (non-hydrogen) atoms. The van der Waals surface area contributed by atoms with E-state index in [0.717, 1.165) is 19.2 Å². The highest BCUT2D eigenvalue weighted by molar-refractivity contribution is 5.76. The summed E-state index contributed by atoms with van der Waals surface area (Å²) in [6.45, 7) is 0. The number of hydrogen-bond acceptors (Lipinski definition) is 7. The first-order chi connectivity index (χ1) is 8.36. The smallest absolute Gasteiger partial charge is 0.322 e. The van der Waals surface area contributed by atoms with Crippen molar-refractivity contribution in [2.45, 2.75) is 12.5 Å². The van der Waals surface area contributed by atoms with Gasteiger partial charge in [0.05, 0.1) is 18.1 Å². The minimum absolute atomic E-state index is 0.0354. The van der Waals surface area contributed by atoms with Crippen molar-refractivity contribution in [3.63, 3.8) is 0 Å². The van der Waals surface area contributed by atoms with Crippen LogP contribution in [0.2, 0.25) is 0 Å². The Hall–Kier alpha value is -2.35. The summed E-state index contributed by atoms with van der Waals surface area (Å²) >= 11 is 0. The van der Waals surface area contributed by atoms with E-state index in [1.165, 1.54) is 0 Å². The number of aromatic hydroxyl groups is 2. The van der Waals surface area contributed by atoms with Crippen molar-refractivity contribution in [2.75, 3.05) is 7.11 Å². The Morgan fingerprint density at radius 1 is 1.50 bits per heavy atom. The molecule has 4 N–H and O–H groups in total. The highest BCUT2D eigenvalue weighted by atomic mass is 16.6. The third-order valence-corrected chi connectivity index (χ3v) is 2.32. The Kier molecular flexibility index (Phi) is 4.05. The van der Waals surface area contributed by atoms with E-state index >= 15 is 0 Å². The quantitative estimate of drug-likeness (QED) is 0.299. The summed E-state index contributed by atoms with van der Waals surface area (Å²) in [5.41, 5.74) is 5.08. The van der Waals surface area contributed by atoms with Crippen LogP contribution in [-0.2, 0) is 16.0 Å². The lowest BCUT2D eigenvalue weighted by Gasteiger charge is -2.10. The molecule has 0 spiro atoms. The van der Waals surface area contributed by atoms with Gasteiger partial charge in [-0.3, -0.25) is 14.9 Å².